The van der Waals surface area contributed by atoms with Crippen molar-refractivity contribution in [2.24, 2.45) is 5.41 Å². The third kappa shape index (κ3) is 8.00. The zero-order valence-electron chi connectivity index (χ0n) is 23.9. The summed E-state index contributed by atoms with van der Waals surface area (Å²) in [6, 6.07) is 22.0. The van der Waals surface area contributed by atoms with E-state index < -0.39 is 0 Å². The number of hydrogen-bond acceptors (Lipinski definition) is 5. The molecule has 0 aromatic heterocycles. The van der Waals surface area contributed by atoms with Gasteiger partial charge in [0.15, 0.2) is 0 Å². The Hall–Kier alpha value is -3.06. The number of aliphatic hydroxyl groups excluding tert-OH is 1. The molecule has 4 rings (SSSR count). The Bertz CT molecular complexity index is 1230. The molecule has 6 nitrogen and oxygen atoms in total. The number of aryl methyl sites for hydroxylation is 2. The van der Waals surface area contributed by atoms with Crippen LogP contribution in [-0.2, 0) is 17.9 Å². The van der Waals surface area contributed by atoms with E-state index in [1.165, 1.54) is 5.56 Å². The molecule has 3 aromatic rings. The molecule has 1 amide bonds. The Morgan fingerprint density at radius 3 is 2.38 bits per heavy atom. The summed E-state index contributed by atoms with van der Waals surface area (Å²) in [4.78, 5) is 18.0. The molecule has 1 fully saturated rings. The number of carbonyl (C=O) groups is 1. The van der Waals surface area contributed by atoms with Crippen molar-refractivity contribution in [3.8, 4) is 11.5 Å². The van der Waals surface area contributed by atoms with Crippen molar-refractivity contribution in [1.29, 1.82) is 0 Å². The van der Waals surface area contributed by atoms with Crippen LogP contribution in [-0.4, -0.2) is 60.8 Å². The Morgan fingerprint density at radius 2 is 1.73 bits per heavy atom. The zero-order valence-corrected chi connectivity index (χ0v) is 24.6. The van der Waals surface area contributed by atoms with E-state index in [9.17, 15) is 9.90 Å². The molecule has 0 bridgehead atoms. The average molecular weight is 565 g/mol. The number of piperidine rings is 1. The van der Waals surface area contributed by atoms with E-state index in [0.29, 0.717) is 26.1 Å². The molecular weight excluding hydrogens is 524 g/mol. The highest BCUT2D eigenvalue weighted by Crippen LogP contribution is 2.37. The van der Waals surface area contributed by atoms with Gasteiger partial charge in [-0.05, 0) is 79.8 Å². The van der Waals surface area contributed by atoms with Gasteiger partial charge in [0, 0.05) is 43.0 Å². The van der Waals surface area contributed by atoms with Crippen LogP contribution < -0.4 is 9.47 Å². The molecule has 1 saturated heterocycles. The number of nitrogens with zero attached hydrogens (tertiary/aromatic N) is 2. The lowest BCUT2D eigenvalue weighted by Crippen LogP contribution is -2.49. The molecule has 1 atom stereocenters. The summed E-state index contributed by atoms with van der Waals surface area (Å²) in [5.41, 5.74) is 3.84. The third-order valence-corrected chi connectivity index (χ3v) is 8.32. The molecule has 40 heavy (non-hydrogen) atoms. The maximum Gasteiger partial charge on any atom is 0.223 e. The van der Waals surface area contributed by atoms with Gasteiger partial charge in [-0.15, -0.1) is 0 Å². The van der Waals surface area contributed by atoms with Gasteiger partial charge in [-0.2, -0.15) is 0 Å². The quantitative estimate of drug-likeness (QED) is 0.291. The predicted octanol–water partition coefficient (Wildman–Crippen LogP) is 6.04. The minimum atomic E-state index is -0.367. The van der Waals surface area contributed by atoms with Crippen molar-refractivity contribution < 1.29 is 19.4 Å². The van der Waals surface area contributed by atoms with E-state index >= 15 is 0 Å². The highest BCUT2D eigenvalue weighted by Gasteiger charge is 2.39. The third-order valence-electron chi connectivity index (χ3n) is 7.73. The van der Waals surface area contributed by atoms with Gasteiger partial charge in [0.25, 0.3) is 0 Å². The largest absolute Gasteiger partial charge is 0.497 e. The number of ether oxygens (including phenoxy) is 2. The molecule has 0 spiro atoms. The second kappa shape index (κ2) is 14.0. The van der Waals surface area contributed by atoms with Crippen LogP contribution >= 0.6 is 11.6 Å². The van der Waals surface area contributed by atoms with Crippen molar-refractivity contribution in [2.75, 3.05) is 40.0 Å². The fourth-order valence-electron chi connectivity index (χ4n) is 5.62. The summed E-state index contributed by atoms with van der Waals surface area (Å²) in [5.74, 6) is 1.65. The first-order valence-corrected chi connectivity index (χ1v) is 14.4. The van der Waals surface area contributed by atoms with Crippen LogP contribution in [0.25, 0.3) is 0 Å². The first kappa shape index (κ1) is 29.9. The number of halogens is 1. The van der Waals surface area contributed by atoms with Crippen LogP contribution in [0, 0.1) is 19.3 Å². The van der Waals surface area contributed by atoms with Crippen LogP contribution in [0.1, 0.15) is 41.5 Å². The van der Waals surface area contributed by atoms with Gasteiger partial charge < -0.3 is 19.5 Å². The Morgan fingerprint density at radius 1 is 1.02 bits per heavy atom. The Labute approximate surface area is 243 Å². The van der Waals surface area contributed by atoms with E-state index in [1.54, 1.807) is 12.0 Å². The van der Waals surface area contributed by atoms with Gasteiger partial charge in [-0.25, -0.2) is 0 Å². The highest BCUT2D eigenvalue weighted by molar-refractivity contribution is 6.32. The molecule has 0 saturated carbocycles. The lowest BCUT2D eigenvalue weighted by molar-refractivity contribution is -0.137. The summed E-state index contributed by atoms with van der Waals surface area (Å²) >= 11 is 6.40. The standard InChI is InChI=1S/C33H41ClN2O4/c1-25-18-30(19-26(2)32(25)34)40-24-33(20-31(38)36(16-17-37)22-27-8-5-4-6-9-27)14-7-15-35(23-33)21-28-10-12-29(39-3)13-11-28/h4-6,8-13,18-19,37H,7,14-17,20-24H2,1-3H3. The summed E-state index contributed by atoms with van der Waals surface area (Å²) < 4.78 is 11.8. The van der Waals surface area contributed by atoms with Gasteiger partial charge in [-0.3, -0.25) is 9.69 Å². The zero-order chi connectivity index (χ0) is 28.5. The summed E-state index contributed by atoms with van der Waals surface area (Å²) in [6.45, 7) is 7.59. The Balaban J connectivity index is 1.55. The molecule has 0 radical (unpaired) electrons. The molecule has 0 aliphatic carbocycles. The van der Waals surface area contributed by atoms with E-state index in [-0.39, 0.29) is 17.9 Å². The lowest BCUT2D eigenvalue weighted by Gasteiger charge is -2.43. The van der Waals surface area contributed by atoms with Crippen molar-refractivity contribution in [3.05, 3.63) is 94.0 Å². The Kier molecular flexibility index (Phi) is 10.5. The van der Waals surface area contributed by atoms with Gasteiger partial charge >= 0.3 is 0 Å². The number of amides is 1. The van der Waals surface area contributed by atoms with Crippen LogP contribution in [0.15, 0.2) is 66.7 Å². The number of benzene rings is 3. The molecule has 7 heteroatoms. The summed E-state index contributed by atoms with van der Waals surface area (Å²) in [7, 11) is 1.67. The molecule has 1 aliphatic heterocycles. The van der Waals surface area contributed by atoms with Crippen molar-refractivity contribution >= 4 is 17.5 Å². The van der Waals surface area contributed by atoms with Gasteiger partial charge in [0.2, 0.25) is 5.91 Å². The number of methoxy groups -OCH3 is 1. The number of aliphatic hydroxyl groups is 1. The van der Waals surface area contributed by atoms with Gasteiger partial charge in [-0.1, -0.05) is 54.1 Å². The number of hydrogen-bond donors (Lipinski definition) is 1. The molecule has 1 N–H and O–H groups in total. The normalized spacial score (nSPS) is 17.4. The maximum atomic E-state index is 13.8. The van der Waals surface area contributed by atoms with Gasteiger partial charge in [0.1, 0.15) is 11.5 Å². The van der Waals surface area contributed by atoms with E-state index in [0.717, 1.165) is 65.7 Å². The monoisotopic (exact) mass is 564 g/mol. The predicted molar refractivity (Wildman–Crippen MR) is 160 cm³/mol. The second-order valence-corrected chi connectivity index (χ2v) is 11.4. The average Bonchev–Trinajstić information content (AvgIpc) is 2.95. The van der Waals surface area contributed by atoms with Crippen LogP contribution in [0.2, 0.25) is 5.02 Å². The minimum Gasteiger partial charge on any atom is -0.497 e. The summed E-state index contributed by atoms with van der Waals surface area (Å²) in [5, 5.41) is 10.5. The number of carbonyl (C=O) groups excluding carboxylic acids is 1. The molecular formula is C33H41ClN2O4. The first-order valence-electron chi connectivity index (χ1n) is 14.0. The smallest absolute Gasteiger partial charge is 0.223 e. The second-order valence-electron chi connectivity index (χ2n) is 11.0. The topological polar surface area (TPSA) is 62.2 Å². The fourth-order valence-corrected chi connectivity index (χ4v) is 5.73. The molecule has 1 unspecified atom stereocenters. The van der Waals surface area contributed by atoms with Gasteiger partial charge in [0.05, 0.1) is 20.3 Å². The number of likely N-dealkylation sites (tertiary alicyclic amines) is 1. The SMILES string of the molecule is COc1ccc(CN2CCCC(COc3cc(C)c(Cl)c(C)c3)(CC(=O)N(CCO)Cc3ccccc3)C2)cc1. The lowest BCUT2D eigenvalue weighted by atomic mass is 9.77. The van der Waals surface area contributed by atoms with E-state index in [2.05, 4.69) is 17.0 Å². The van der Waals surface area contributed by atoms with Crippen LogP contribution in [0.3, 0.4) is 0 Å². The van der Waals surface area contributed by atoms with Crippen molar-refractivity contribution in [1.82, 2.24) is 9.80 Å². The first-order chi connectivity index (χ1) is 19.3. The van der Waals surface area contributed by atoms with Crippen LogP contribution in [0.4, 0.5) is 0 Å². The summed E-state index contributed by atoms with van der Waals surface area (Å²) in [6.07, 6.45) is 2.22. The fraction of sp³-hybridized carbons (Fsp3) is 0.424. The highest BCUT2D eigenvalue weighted by atomic mass is 35.5. The molecule has 1 aliphatic rings. The molecule has 214 valence electrons. The van der Waals surface area contributed by atoms with E-state index in [1.807, 2.05) is 68.4 Å². The molecule has 3 aromatic carbocycles. The number of rotatable bonds is 12. The van der Waals surface area contributed by atoms with E-state index in [4.69, 9.17) is 21.1 Å². The maximum absolute atomic E-state index is 13.8. The minimum absolute atomic E-state index is 0.0382. The van der Waals surface area contributed by atoms with Crippen molar-refractivity contribution in [2.45, 2.75) is 46.2 Å². The van der Waals surface area contributed by atoms with Crippen LogP contribution in [0.5, 0.6) is 11.5 Å². The van der Waals surface area contributed by atoms with Crippen molar-refractivity contribution in [3.63, 3.8) is 0 Å². The molecule has 1 heterocycles.